The molecule has 11 heteroatoms. The highest BCUT2D eigenvalue weighted by atomic mass is 19.1. The smallest absolute Gasteiger partial charge is 0.407 e. The number of carbonyl (C=O) groups is 3. The molecule has 0 aromatic heterocycles. The van der Waals surface area contributed by atoms with Crippen LogP contribution in [0.2, 0.25) is 0 Å². The minimum Gasteiger partial charge on any atom is -0.465 e. The summed E-state index contributed by atoms with van der Waals surface area (Å²) in [6, 6.07) is 18.2. The number of piperazine rings is 1. The van der Waals surface area contributed by atoms with Gasteiger partial charge in [0, 0.05) is 75.0 Å². The van der Waals surface area contributed by atoms with Gasteiger partial charge in [0.1, 0.15) is 11.6 Å². The predicted molar refractivity (Wildman–Crippen MR) is 182 cm³/mol. The molecule has 258 valence electrons. The molecule has 3 aromatic carbocycles. The molecule has 4 rings (SSSR count). The molecule has 9 nitrogen and oxygen atoms in total. The zero-order valence-corrected chi connectivity index (χ0v) is 28.0. The average Bonchev–Trinajstić information content (AvgIpc) is 3.06. The normalized spacial score (nSPS) is 16.3. The Morgan fingerprint density at radius 1 is 0.896 bits per heavy atom. The minimum atomic E-state index is -1.07. The third kappa shape index (κ3) is 10.1. The van der Waals surface area contributed by atoms with Gasteiger partial charge in [-0.1, -0.05) is 50.2 Å². The molecule has 1 aliphatic heterocycles. The van der Waals surface area contributed by atoms with Crippen LogP contribution in [0.4, 0.5) is 13.6 Å². The maximum atomic E-state index is 14.4. The van der Waals surface area contributed by atoms with Crippen molar-refractivity contribution in [2.45, 2.75) is 51.7 Å². The van der Waals surface area contributed by atoms with Crippen LogP contribution in [0.3, 0.4) is 0 Å². The van der Waals surface area contributed by atoms with E-state index in [1.165, 1.54) is 17.0 Å². The summed E-state index contributed by atoms with van der Waals surface area (Å²) < 4.78 is 28.8. The lowest BCUT2D eigenvalue weighted by Crippen LogP contribution is -2.62. The second kappa shape index (κ2) is 17.7. The number of rotatable bonds is 15. The van der Waals surface area contributed by atoms with E-state index in [2.05, 4.69) is 10.6 Å². The van der Waals surface area contributed by atoms with Gasteiger partial charge in [0.2, 0.25) is 0 Å². The number of hydrogen-bond acceptors (Lipinski definition) is 5. The fraction of sp³-hybridized carbons (Fsp3) is 0.432. The SMILES string of the molecule is CCCN(CCC)C(=O)c1cccc(C(=O)NC(Cc2cc(F)cc(F)c2)C(CNCc2ccccc2)C2CN(C)CCN2C(=O)O)c1. The lowest BCUT2D eigenvalue weighted by atomic mass is 9.84. The highest BCUT2D eigenvalue weighted by Gasteiger charge is 2.39. The van der Waals surface area contributed by atoms with Crippen molar-refractivity contribution in [2.24, 2.45) is 5.92 Å². The Labute approximate surface area is 281 Å². The van der Waals surface area contributed by atoms with Crippen molar-refractivity contribution in [3.8, 4) is 0 Å². The van der Waals surface area contributed by atoms with Gasteiger partial charge in [0.15, 0.2) is 0 Å². The molecule has 3 atom stereocenters. The van der Waals surface area contributed by atoms with E-state index >= 15 is 0 Å². The van der Waals surface area contributed by atoms with E-state index in [4.69, 9.17) is 0 Å². The molecule has 0 spiro atoms. The number of carboxylic acid groups (broad SMARTS) is 1. The Morgan fingerprint density at radius 2 is 1.56 bits per heavy atom. The molecular formula is C37H47F2N5O4. The number of hydrogen-bond donors (Lipinski definition) is 3. The number of carbonyl (C=O) groups excluding carboxylic acids is 2. The fourth-order valence-electron chi connectivity index (χ4n) is 6.46. The number of benzene rings is 3. The Bertz CT molecular complexity index is 1500. The Kier molecular flexibility index (Phi) is 13.5. The van der Waals surface area contributed by atoms with Gasteiger partial charge in [0.25, 0.3) is 11.8 Å². The summed E-state index contributed by atoms with van der Waals surface area (Å²) in [5, 5.41) is 16.8. The van der Waals surface area contributed by atoms with Gasteiger partial charge in [-0.05, 0) is 67.8 Å². The lowest BCUT2D eigenvalue weighted by molar-refractivity contribution is 0.0415. The van der Waals surface area contributed by atoms with Crippen molar-refractivity contribution in [3.05, 3.63) is 107 Å². The van der Waals surface area contributed by atoms with E-state index in [9.17, 15) is 28.3 Å². The molecule has 1 saturated heterocycles. The molecule has 1 aliphatic rings. The summed E-state index contributed by atoms with van der Waals surface area (Å²) in [7, 11) is 1.92. The van der Waals surface area contributed by atoms with E-state index < -0.39 is 41.6 Å². The summed E-state index contributed by atoms with van der Waals surface area (Å²) in [6.45, 7) is 7.24. The van der Waals surface area contributed by atoms with Crippen LogP contribution in [-0.2, 0) is 13.0 Å². The quantitative estimate of drug-likeness (QED) is 0.205. The number of halogens is 2. The van der Waals surface area contributed by atoms with Crippen LogP contribution in [0.25, 0.3) is 0 Å². The van der Waals surface area contributed by atoms with Crippen LogP contribution in [0.1, 0.15) is 58.5 Å². The van der Waals surface area contributed by atoms with Crippen molar-refractivity contribution in [3.63, 3.8) is 0 Å². The van der Waals surface area contributed by atoms with Gasteiger partial charge in [-0.15, -0.1) is 0 Å². The summed E-state index contributed by atoms with van der Waals surface area (Å²) in [5.41, 5.74) is 2.01. The standard InChI is InChI=1S/C37H47F2N5O4/c1-4-14-43(15-5-2)36(46)29-13-9-12-28(21-29)35(45)41-33(20-27-18-30(38)22-31(39)19-27)32(24-40-23-26-10-7-6-8-11-26)34-25-42(3)16-17-44(34)37(47)48/h6-13,18-19,21-22,32-34,40H,4-5,14-17,20,23-25H2,1-3H3,(H,41,45)(H,47,48). The molecule has 48 heavy (non-hydrogen) atoms. The van der Waals surface area contributed by atoms with Crippen molar-refractivity contribution in [1.29, 1.82) is 0 Å². The second-order valence-electron chi connectivity index (χ2n) is 12.5. The first-order valence-corrected chi connectivity index (χ1v) is 16.7. The van der Waals surface area contributed by atoms with E-state index in [0.29, 0.717) is 50.4 Å². The average molecular weight is 664 g/mol. The number of nitrogens with one attached hydrogen (secondary N) is 2. The van der Waals surface area contributed by atoms with E-state index in [1.807, 2.05) is 56.1 Å². The topological polar surface area (TPSA) is 105 Å². The third-order valence-electron chi connectivity index (χ3n) is 8.77. The van der Waals surface area contributed by atoms with Gasteiger partial charge >= 0.3 is 6.09 Å². The lowest BCUT2D eigenvalue weighted by Gasteiger charge is -2.45. The number of nitrogens with zero attached hydrogens (tertiary/aromatic N) is 3. The molecule has 0 bridgehead atoms. The minimum absolute atomic E-state index is 0.0468. The zero-order chi connectivity index (χ0) is 34.6. The first-order valence-electron chi connectivity index (χ1n) is 16.7. The fourth-order valence-corrected chi connectivity index (χ4v) is 6.46. The molecule has 0 saturated carbocycles. The van der Waals surface area contributed by atoms with Crippen LogP contribution in [0.15, 0.2) is 72.8 Å². The number of amides is 3. The summed E-state index contributed by atoms with van der Waals surface area (Å²) >= 11 is 0. The van der Waals surface area contributed by atoms with Gasteiger partial charge in [-0.2, -0.15) is 0 Å². The second-order valence-corrected chi connectivity index (χ2v) is 12.5. The molecule has 3 N–H and O–H groups in total. The summed E-state index contributed by atoms with van der Waals surface area (Å²) in [4.78, 5) is 45.1. The maximum absolute atomic E-state index is 14.4. The molecule has 0 aliphatic carbocycles. The van der Waals surface area contributed by atoms with Crippen LogP contribution < -0.4 is 10.6 Å². The van der Waals surface area contributed by atoms with Crippen LogP contribution in [0, 0.1) is 17.6 Å². The molecule has 3 unspecified atom stereocenters. The maximum Gasteiger partial charge on any atom is 0.407 e. The highest BCUT2D eigenvalue weighted by Crippen LogP contribution is 2.24. The largest absolute Gasteiger partial charge is 0.465 e. The van der Waals surface area contributed by atoms with Gasteiger partial charge in [0.05, 0.1) is 6.04 Å². The van der Waals surface area contributed by atoms with Gasteiger partial charge in [-0.3, -0.25) is 9.59 Å². The van der Waals surface area contributed by atoms with Crippen LogP contribution in [0.5, 0.6) is 0 Å². The molecule has 1 heterocycles. The molecule has 1 fully saturated rings. The summed E-state index contributed by atoms with van der Waals surface area (Å²) in [5.74, 6) is -2.62. The first-order chi connectivity index (χ1) is 23.1. The van der Waals surface area contributed by atoms with Crippen molar-refractivity contribution in [1.82, 2.24) is 25.3 Å². The molecule has 0 radical (unpaired) electrons. The van der Waals surface area contributed by atoms with Gasteiger partial charge in [-0.25, -0.2) is 13.6 Å². The summed E-state index contributed by atoms with van der Waals surface area (Å²) in [6.07, 6.45) is 0.582. The van der Waals surface area contributed by atoms with Gasteiger partial charge < -0.3 is 30.4 Å². The predicted octanol–water partition coefficient (Wildman–Crippen LogP) is 5.27. The van der Waals surface area contributed by atoms with Crippen molar-refractivity contribution >= 4 is 17.9 Å². The van der Waals surface area contributed by atoms with E-state index in [1.54, 1.807) is 29.2 Å². The zero-order valence-electron chi connectivity index (χ0n) is 28.0. The van der Waals surface area contributed by atoms with E-state index in [0.717, 1.165) is 24.5 Å². The van der Waals surface area contributed by atoms with Crippen molar-refractivity contribution in [2.75, 3.05) is 46.3 Å². The highest BCUT2D eigenvalue weighted by molar-refractivity contribution is 5.99. The molecule has 3 amide bonds. The first kappa shape index (κ1) is 36.5. The Hall–Kier alpha value is -4.35. The number of likely N-dealkylation sites (N-methyl/N-ethyl adjacent to an activating group) is 1. The third-order valence-corrected chi connectivity index (χ3v) is 8.77. The van der Waals surface area contributed by atoms with E-state index in [-0.39, 0.29) is 24.4 Å². The molecule has 3 aromatic rings. The Morgan fingerprint density at radius 3 is 2.21 bits per heavy atom. The van der Waals surface area contributed by atoms with Crippen LogP contribution >= 0.6 is 0 Å². The van der Waals surface area contributed by atoms with Crippen LogP contribution in [-0.4, -0.2) is 96.1 Å². The molecular weight excluding hydrogens is 616 g/mol. The monoisotopic (exact) mass is 663 g/mol. The Balaban J connectivity index is 1.70. The van der Waals surface area contributed by atoms with Crippen molar-refractivity contribution < 1.29 is 28.3 Å².